The van der Waals surface area contributed by atoms with Gasteiger partial charge in [0.25, 0.3) is 5.91 Å². The second-order valence-corrected chi connectivity index (χ2v) is 8.77. The average Bonchev–Trinajstić information content (AvgIpc) is 3.48. The molecule has 1 unspecified atom stereocenters. The van der Waals surface area contributed by atoms with Crippen LogP contribution in [0.4, 0.5) is 21.9 Å². The lowest BCUT2D eigenvalue weighted by molar-refractivity contribution is 0.0858. The molecule has 4 rings (SSSR count). The van der Waals surface area contributed by atoms with Crippen molar-refractivity contribution in [2.45, 2.75) is 31.8 Å². The molecule has 2 aromatic rings. The van der Waals surface area contributed by atoms with Crippen LogP contribution >= 0.6 is 15.9 Å². The molecule has 1 atom stereocenters. The SMILES string of the molecule is O=C(Nc1ccc(Br)cc1)Nc1ccc(N2CCCC2)c(C(=O)NCC2CCCO2)c1. The smallest absolute Gasteiger partial charge is 0.323 e. The van der Waals surface area contributed by atoms with E-state index in [9.17, 15) is 9.59 Å². The summed E-state index contributed by atoms with van der Waals surface area (Å²) in [6.07, 6.45) is 4.32. The van der Waals surface area contributed by atoms with Crippen molar-refractivity contribution in [2.24, 2.45) is 0 Å². The minimum atomic E-state index is -0.359. The molecule has 2 saturated heterocycles. The summed E-state index contributed by atoms with van der Waals surface area (Å²) < 4.78 is 6.56. The van der Waals surface area contributed by atoms with Crippen LogP contribution in [0, 0.1) is 0 Å². The van der Waals surface area contributed by atoms with Crippen molar-refractivity contribution in [1.82, 2.24) is 5.32 Å². The summed E-state index contributed by atoms with van der Waals surface area (Å²) in [5, 5.41) is 8.64. The zero-order chi connectivity index (χ0) is 21.6. The predicted octanol–water partition coefficient (Wildman–Crippen LogP) is 4.60. The average molecular weight is 487 g/mol. The molecule has 7 nitrogen and oxygen atoms in total. The van der Waals surface area contributed by atoms with Gasteiger partial charge in [-0.25, -0.2) is 4.79 Å². The molecule has 2 aromatic carbocycles. The molecule has 8 heteroatoms. The summed E-state index contributed by atoms with van der Waals surface area (Å²) in [6.45, 7) is 3.12. The maximum absolute atomic E-state index is 13.0. The van der Waals surface area contributed by atoms with Gasteiger partial charge in [-0.2, -0.15) is 0 Å². The number of nitrogens with one attached hydrogen (secondary N) is 3. The van der Waals surface area contributed by atoms with Crippen LogP contribution in [0.2, 0.25) is 0 Å². The Morgan fingerprint density at radius 2 is 1.71 bits per heavy atom. The standard InChI is InChI=1S/C23H27BrN4O3/c24-16-5-7-17(8-6-16)26-23(30)27-18-9-10-21(28-11-1-2-12-28)20(14-18)22(29)25-15-19-4-3-13-31-19/h5-10,14,19H,1-4,11-13,15H2,(H,25,29)(H2,26,27,30). The molecule has 3 N–H and O–H groups in total. The van der Waals surface area contributed by atoms with Crippen molar-refractivity contribution >= 4 is 44.9 Å². The van der Waals surface area contributed by atoms with Crippen molar-refractivity contribution in [2.75, 3.05) is 41.8 Å². The van der Waals surface area contributed by atoms with E-state index in [4.69, 9.17) is 4.74 Å². The molecule has 2 fully saturated rings. The van der Waals surface area contributed by atoms with Gasteiger partial charge < -0.3 is 25.6 Å². The van der Waals surface area contributed by atoms with E-state index in [1.165, 1.54) is 0 Å². The number of amides is 3. The van der Waals surface area contributed by atoms with Gasteiger partial charge in [0, 0.05) is 47.8 Å². The zero-order valence-electron chi connectivity index (χ0n) is 17.3. The van der Waals surface area contributed by atoms with Gasteiger partial charge in [0.05, 0.1) is 11.7 Å². The van der Waals surface area contributed by atoms with Crippen LogP contribution in [0.3, 0.4) is 0 Å². The van der Waals surface area contributed by atoms with Crippen LogP contribution in [-0.4, -0.2) is 44.3 Å². The number of carbonyl (C=O) groups excluding carboxylic acids is 2. The Kier molecular flexibility index (Phi) is 7.09. The maximum Gasteiger partial charge on any atom is 0.323 e. The Bertz CT molecular complexity index is 923. The van der Waals surface area contributed by atoms with Gasteiger partial charge >= 0.3 is 6.03 Å². The van der Waals surface area contributed by atoms with Crippen molar-refractivity contribution in [3.63, 3.8) is 0 Å². The first kappa shape index (κ1) is 21.6. The molecule has 31 heavy (non-hydrogen) atoms. The van der Waals surface area contributed by atoms with E-state index in [-0.39, 0.29) is 18.0 Å². The molecule has 0 aromatic heterocycles. The Hall–Kier alpha value is -2.58. The largest absolute Gasteiger partial charge is 0.376 e. The van der Waals surface area contributed by atoms with E-state index in [1.54, 1.807) is 6.07 Å². The molecule has 0 bridgehead atoms. The highest BCUT2D eigenvalue weighted by Gasteiger charge is 2.22. The summed E-state index contributed by atoms with van der Waals surface area (Å²) in [5.74, 6) is -0.144. The van der Waals surface area contributed by atoms with Crippen molar-refractivity contribution in [1.29, 1.82) is 0 Å². The molecule has 2 aliphatic rings. The molecule has 2 aliphatic heterocycles. The number of halogens is 1. The second kappa shape index (κ2) is 10.2. The van der Waals surface area contributed by atoms with Crippen molar-refractivity contribution < 1.29 is 14.3 Å². The number of ether oxygens (including phenoxy) is 1. The fourth-order valence-corrected chi connectivity index (χ4v) is 4.23. The lowest BCUT2D eigenvalue weighted by Crippen LogP contribution is -2.33. The summed E-state index contributed by atoms with van der Waals surface area (Å²) in [6, 6.07) is 12.5. The Morgan fingerprint density at radius 1 is 1.00 bits per heavy atom. The number of carbonyl (C=O) groups is 2. The van der Waals surface area contributed by atoms with Gasteiger partial charge in [0.2, 0.25) is 0 Å². The third kappa shape index (κ3) is 5.77. The number of rotatable bonds is 6. The van der Waals surface area contributed by atoms with E-state index in [2.05, 4.69) is 36.8 Å². The Labute approximate surface area is 190 Å². The number of hydrogen-bond acceptors (Lipinski definition) is 4. The Balaban J connectivity index is 1.47. The molecule has 3 amide bonds. The number of urea groups is 1. The first-order chi connectivity index (χ1) is 15.1. The molecule has 0 spiro atoms. The molecule has 0 radical (unpaired) electrons. The van der Waals surface area contributed by atoms with Crippen LogP contribution in [0.5, 0.6) is 0 Å². The van der Waals surface area contributed by atoms with Crippen LogP contribution in [0.1, 0.15) is 36.0 Å². The molecule has 0 saturated carbocycles. The third-order valence-corrected chi connectivity index (χ3v) is 6.09. The maximum atomic E-state index is 13.0. The third-order valence-electron chi connectivity index (χ3n) is 5.56. The highest BCUT2D eigenvalue weighted by Crippen LogP contribution is 2.28. The van der Waals surface area contributed by atoms with Gasteiger partial charge in [-0.15, -0.1) is 0 Å². The molecular formula is C23H27BrN4O3. The minimum Gasteiger partial charge on any atom is -0.376 e. The quantitative estimate of drug-likeness (QED) is 0.556. The van der Waals surface area contributed by atoms with E-state index in [0.717, 1.165) is 55.5 Å². The second-order valence-electron chi connectivity index (χ2n) is 7.86. The van der Waals surface area contributed by atoms with Crippen molar-refractivity contribution in [3.05, 3.63) is 52.5 Å². The van der Waals surface area contributed by atoms with Gasteiger partial charge in [-0.3, -0.25) is 4.79 Å². The molecule has 2 heterocycles. The zero-order valence-corrected chi connectivity index (χ0v) is 18.9. The van der Waals surface area contributed by atoms with E-state index < -0.39 is 0 Å². The van der Waals surface area contributed by atoms with E-state index in [0.29, 0.717) is 23.5 Å². The fraction of sp³-hybridized carbons (Fsp3) is 0.391. The van der Waals surface area contributed by atoms with Crippen LogP contribution < -0.4 is 20.9 Å². The molecular weight excluding hydrogens is 460 g/mol. The molecule has 164 valence electrons. The number of hydrogen-bond donors (Lipinski definition) is 3. The topological polar surface area (TPSA) is 82.7 Å². The fourth-order valence-electron chi connectivity index (χ4n) is 3.96. The summed E-state index contributed by atoms with van der Waals surface area (Å²) in [5.41, 5.74) is 2.73. The number of nitrogens with zero attached hydrogens (tertiary/aromatic N) is 1. The van der Waals surface area contributed by atoms with Gasteiger partial charge in [-0.1, -0.05) is 15.9 Å². The van der Waals surface area contributed by atoms with Gasteiger partial charge in [-0.05, 0) is 68.1 Å². The minimum absolute atomic E-state index is 0.0807. The summed E-state index contributed by atoms with van der Waals surface area (Å²) in [7, 11) is 0. The number of benzene rings is 2. The lowest BCUT2D eigenvalue weighted by Gasteiger charge is -2.22. The predicted molar refractivity (Wildman–Crippen MR) is 126 cm³/mol. The van der Waals surface area contributed by atoms with Crippen molar-refractivity contribution in [3.8, 4) is 0 Å². The number of anilines is 3. The van der Waals surface area contributed by atoms with E-state index in [1.807, 2.05) is 36.4 Å². The van der Waals surface area contributed by atoms with Crippen LogP contribution in [-0.2, 0) is 4.74 Å². The normalized spacial score (nSPS) is 18.1. The summed E-state index contributed by atoms with van der Waals surface area (Å²) >= 11 is 3.38. The Morgan fingerprint density at radius 3 is 2.42 bits per heavy atom. The molecule has 0 aliphatic carbocycles. The first-order valence-corrected chi connectivity index (χ1v) is 11.5. The first-order valence-electron chi connectivity index (χ1n) is 10.7. The van der Waals surface area contributed by atoms with Crippen LogP contribution in [0.25, 0.3) is 0 Å². The highest BCUT2D eigenvalue weighted by molar-refractivity contribution is 9.10. The lowest BCUT2D eigenvalue weighted by atomic mass is 10.1. The van der Waals surface area contributed by atoms with Crippen LogP contribution in [0.15, 0.2) is 46.9 Å². The van der Waals surface area contributed by atoms with Gasteiger partial charge in [0.15, 0.2) is 0 Å². The monoisotopic (exact) mass is 486 g/mol. The van der Waals surface area contributed by atoms with Gasteiger partial charge in [0.1, 0.15) is 0 Å². The highest BCUT2D eigenvalue weighted by atomic mass is 79.9. The van der Waals surface area contributed by atoms with E-state index >= 15 is 0 Å². The summed E-state index contributed by atoms with van der Waals surface area (Å²) in [4.78, 5) is 27.7.